The van der Waals surface area contributed by atoms with Crippen LogP contribution in [0.3, 0.4) is 0 Å². The fourth-order valence-corrected chi connectivity index (χ4v) is 5.98. The Morgan fingerprint density at radius 2 is 1.76 bits per heavy atom. The number of hydrogen-bond acceptors (Lipinski definition) is 6. The molecule has 4 aromatic rings. The molecule has 0 radical (unpaired) electrons. The van der Waals surface area contributed by atoms with Crippen LogP contribution in [0.4, 0.5) is 14.9 Å². The van der Waals surface area contributed by atoms with Gasteiger partial charge in [0, 0.05) is 48.3 Å². The van der Waals surface area contributed by atoms with Crippen LogP contribution in [0.5, 0.6) is 11.5 Å². The van der Waals surface area contributed by atoms with Crippen molar-refractivity contribution in [3.05, 3.63) is 113 Å². The average Bonchev–Trinajstić information content (AvgIpc) is 3.70. The molecule has 1 aromatic heterocycles. The fraction of sp³-hybridized carbons (Fsp3) is 0.219. The van der Waals surface area contributed by atoms with Crippen LogP contribution in [0.25, 0.3) is 0 Å². The molecule has 1 fully saturated rings. The first-order valence-corrected chi connectivity index (χ1v) is 14.5. The first-order valence-electron chi connectivity index (χ1n) is 13.6. The Labute approximate surface area is 241 Å². The van der Waals surface area contributed by atoms with E-state index in [1.165, 1.54) is 36.1 Å². The number of anilines is 1. The maximum absolute atomic E-state index is 15.0. The number of carbonyl (C=O) groups is 2. The molecular weight excluding hydrogens is 539 g/mol. The Hall–Kier alpha value is -4.21. The lowest BCUT2D eigenvalue weighted by atomic mass is 10.1. The molecule has 0 saturated heterocycles. The summed E-state index contributed by atoms with van der Waals surface area (Å²) in [5, 5.41) is 8.49. The molecule has 1 aliphatic heterocycles. The van der Waals surface area contributed by atoms with Gasteiger partial charge in [0.2, 0.25) is 5.91 Å². The van der Waals surface area contributed by atoms with Crippen LogP contribution in [0.1, 0.15) is 40.5 Å². The van der Waals surface area contributed by atoms with Crippen molar-refractivity contribution in [2.75, 3.05) is 5.32 Å². The Bertz CT molecular complexity index is 1560. The zero-order chi connectivity index (χ0) is 28.2. The van der Waals surface area contributed by atoms with Crippen LogP contribution in [-0.2, 0) is 24.2 Å². The fourth-order valence-electron chi connectivity index (χ4n) is 4.66. The van der Waals surface area contributed by atoms with Crippen LogP contribution >= 0.6 is 11.8 Å². The largest absolute Gasteiger partial charge is 0.453 e. The Morgan fingerprint density at radius 1 is 0.951 bits per heavy atom. The number of hydrogen-bond donors (Lipinski definition) is 3. The predicted octanol–water partition coefficient (Wildman–Crippen LogP) is 6.55. The van der Waals surface area contributed by atoms with E-state index < -0.39 is 17.8 Å². The number of nitrogens with zero attached hydrogens (tertiary/aromatic N) is 1. The summed E-state index contributed by atoms with van der Waals surface area (Å²) in [4.78, 5) is 29.8. The third-order valence-corrected chi connectivity index (χ3v) is 8.37. The summed E-state index contributed by atoms with van der Waals surface area (Å²) in [6, 6.07) is 23.6. The quantitative estimate of drug-likeness (QED) is 0.212. The number of urea groups is 1. The van der Waals surface area contributed by atoms with Crippen molar-refractivity contribution in [1.82, 2.24) is 15.6 Å². The second kappa shape index (κ2) is 12.1. The number of fused-ring (bicyclic) bond motifs is 1. The van der Waals surface area contributed by atoms with Gasteiger partial charge in [-0.1, -0.05) is 54.6 Å². The topological polar surface area (TPSA) is 92.4 Å². The van der Waals surface area contributed by atoms with Gasteiger partial charge in [0.1, 0.15) is 5.75 Å². The van der Waals surface area contributed by atoms with Gasteiger partial charge in [-0.2, -0.15) is 0 Å². The normalized spacial score (nSPS) is 15.7. The van der Waals surface area contributed by atoms with Gasteiger partial charge in [-0.25, -0.2) is 9.18 Å². The van der Waals surface area contributed by atoms with Gasteiger partial charge in [0.05, 0.1) is 17.0 Å². The van der Waals surface area contributed by atoms with Crippen molar-refractivity contribution in [3.8, 4) is 11.5 Å². The molecule has 0 bridgehead atoms. The summed E-state index contributed by atoms with van der Waals surface area (Å²) in [5.74, 6) is -0.533. The minimum Gasteiger partial charge on any atom is -0.453 e. The lowest BCUT2D eigenvalue weighted by molar-refractivity contribution is -0.119. The highest BCUT2D eigenvalue weighted by atomic mass is 32.2. The van der Waals surface area contributed by atoms with Gasteiger partial charge < -0.3 is 15.4 Å². The molecule has 1 unspecified atom stereocenters. The van der Waals surface area contributed by atoms with Gasteiger partial charge >= 0.3 is 6.03 Å². The number of rotatable bonds is 9. The Kier molecular flexibility index (Phi) is 7.98. The molecule has 41 heavy (non-hydrogen) atoms. The molecule has 1 atom stereocenters. The lowest BCUT2D eigenvalue weighted by Crippen LogP contribution is -2.35. The van der Waals surface area contributed by atoms with Gasteiger partial charge in [-0.05, 0) is 41.7 Å². The van der Waals surface area contributed by atoms with Crippen molar-refractivity contribution in [3.63, 3.8) is 0 Å². The average molecular weight is 569 g/mol. The molecule has 3 N–H and O–H groups in total. The summed E-state index contributed by atoms with van der Waals surface area (Å²) >= 11 is 1.67. The van der Waals surface area contributed by atoms with E-state index >= 15 is 0 Å². The van der Waals surface area contributed by atoms with E-state index in [1.807, 2.05) is 18.2 Å². The molecule has 1 aliphatic carbocycles. The van der Waals surface area contributed by atoms with Gasteiger partial charge in [0.25, 0.3) is 0 Å². The Morgan fingerprint density at radius 3 is 2.51 bits per heavy atom. The zero-order valence-corrected chi connectivity index (χ0v) is 23.0. The van der Waals surface area contributed by atoms with Crippen molar-refractivity contribution in [1.29, 1.82) is 0 Å². The molecule has 0 spiro atoms. The molecule has 1 saturated carbocycles. The maximum atomic E-state index is 15.0. The summed E-state index contributed by atoms with van der Waals surface area (Å²) < 4.78 is 21.0. The van der Waals surface area contributed by atoms with E-state index in [9.17, 15) is 14.0 Å². The number of halogens is 1. The maximum Gasteiger partial charge on any atom is 0.325 e. The van der Waals surface area contributed by atoms with Crippen molar-refractivity contribution in [2.24, 2.45) is 0 Å². The number of amides is 3. The van der Waals surface area contributed by atoms with Crippen molar-refractivity contribution < 1.29 is 18.7 Å². The number of ether oxygens (including phenoxy) is 1. The van der Waals surface area contributed by atoms with E-state index in [0.717, 1.165) is 35.2 Å². The van der Waals surface area contributed by atoms with Crippen LogP contribution in [-0.4, -0.2) is 23.0 Å². The monoisotopic (exact) mass is 568 g/mol. The van der Waals surface area contributed by atoms with Gasteiger partial charge in [0.15, 0.2) is 11.6 Å². The van der Waals surface area contributed by atoms with Crippen LogP contribution in [0, 0.1) is 5.82 Å². The standard InChI is InChI=1S/C32H29FN4O3S/c33-25-17-24(36-32(39)37-30(38)16-20-4-2-1-3-5-20)12-13-27(25)40-28-14-15-34-26-18-29(41-31(26)28)22-8-6-21(7-9-22)19-35-23-10-11-23/h1-9,12-15,17,23,29,35H,10-11,16,18-19H2,(H2,36,37,38,39). The van der Waals surface area contributed by atoms with Gasteiger partial charge in [-0.3, -0.25) is 15.1 Å². The highest BCUT2D eigenvalue weighted by Crippen LogP contribution is 2.50. The molecule has 6 rings (SSSR count). The van der Waals surface area contributed by atoms with E-state index in [2.05, 4.69) is 45.2 Å². The van der Waals surface area contributed by atoms with E-state index in [1.54, 1.807) is 36.2 Å². The molecule has 2 heterocycles. The SMILES string of the molecule is O=C(Cc1ccccc1)NC(=O)Nc1ccc(Oc2ccnc3c2SC(c2ccc(CNC4CC4)cc2)C3)c(F)c1. The second-order valence-electron chi connectivity index (χ2n) is 10.2. The number of imide groups is 1. The lowest BCUT2D eigenvalue weighted by Gasteiger charge is -2.13. The first kappa shape index (κ1) is 27.0. The minimum absolute atomic E-state index is 0.0288. The number of thioether (sulfide) groups is 1. The van der Waals surface area contributed by atoms with Crippen LogP contribution < -0.4 is 20.7 Å². The molecule has 9 heteroatoms. The third kappa shape index (κ3) is 6.93. The first-order chi connectivity index (χ1) is 20.0. The zero-order valence-electron chi connectivity index (χ0n) is 22.2. The van der Waals surface area contributed by atoms with E-state index in [4.69, 9.17) is 4.74 Å². The predicted molar refractivity (Wildman–Crippen MR) is 157 cm³/mol. The number of carbonyl (C=O) groups excluding carboxylic acids is 2. The smallest absolute Gasteiger partial charge is 0.325 e. The van der Waals surface area contributed by atoms with Gasteiger partial charge in [-0.15, -0.1) is 11.8 Å². The van der Waals surface area contributed by atoms with Crippen LogP contribution in [0.15, 0.2) is 90.0 Å². The summed E-state index contributed by atoms with van der Waals surface area (Å²) in [6.07, 6.45) is 5.04. The minimum atomic E-state index is -0.736. The molecule has 3 aromatic carbocycles. The van der Waals surface area contributed by atoms with E-state index in [-0.39, 0.29) is 23.1 Å². The molecule has 208 valence electrons. The third-order valence-electron chi connectivity index (χ3n) is 6.97. The number of benzene rings is 3. The van der Waals surface area contributed by atoms with Crippen LogP contribution in [0.2, 0.25) is 0 Å². The molecule has 3 amide bonds. The summed E-state index contributed by atoms with van der Waals surface area (Å²) in [5.41, 5.74) is 4.40. The second-order valence-corrected chi connectivity index (χ2v) is 11.4. The highest BCUT2D eigenvalue weighted by molar-refractivity contribution is 8.00. The number of aromatic nitrogens is 1. The molecule has 7 nitrogen and oxygen atoms in total. The van der Waals surface area contributed by atoms with E-state index in [0.29, 0.717) is 11.8 Å². The Balaban J connectivity index is 1.06. The molecular formula is C32H29FN4O3S. The highest BCUT2D eigenvalue weighted by Gasteiger charge is 2.28. The van der Waals surface area contributed by atoms with Crippen molar-refractivity contribution >= 4 is 29.4 Å². The number of pyridine rings is 1. The summed E-state index contributed by atoms with van der Waals surface area (Å²) in [6.45, 7) is 0.888. The summed E-state index contributed by atoms with van der Waals surface area (Å²) in [7, 11) is 0. The van der Waals surface area contributed by atoms with Crippen molar-refractivity contribution in [2.45, 2.75) is 48.4 Å². The molecule has 2 aliphatic rings. The number of nitrogens with one attached hydrogen (secondary N) is 3.